The Labute approximate surface area is 166 Å². The third kappa shape index (κ3) is 3.56. The molecule has 8 nitrogen and oxygen atoms in total. The Bertz CT molecular complexity index is 1090. The van der Waals surface area contributed by atoms with Crippen LogP contribution in [0.3, 0.4) is 0 Å². The van der Waals surface area contributed by atoms with Gasteiger partial charge in [-0.2, -0.15) is 4.98 Å². The maximum Gasteiger partial charge on any atom is 0.280 e. The van der Waals surface area contributed by atoms with Gasteiger partial charge in [-0.15, -0.1) is 5.10 Å². The molecule has 29 heavy (non-hydrogen) atoms. The predicted octanol–water partition coefficient (Wildman–Crippen LogP) is 3.56. The molecule has 3 aromatic rings. The molecule has 1 unspecified atom stereocenters. The van der Waals surface area contributed by atoms with Crippen molar-refractivity contribution in [1.29, 1.82) is 0 Å². The highest BCUT2D eigenvalue weighted by atomic mass is 19.1. The second-order valence-electron chi connectivity index (χ2n) is 6.65. The Morgan fingerprint density at radius 2 is 2.10 bits per heavy atom. The molecule has 0 bridgehead atoms. The molecular formula is C20H20FN5O3. The third-order valence-electron chi connectivity index (χ3n) is 4.72. The molecule has 0 fully saturated rings. The molecular weight excluding hydrogens is 377 g/mol. The van der Waals surface area contributed by atoms with Crippen LogP contribution in [0.2, 0.25) is 0 Å². The van der Waals surface area contributed by atoms with E-state index in [2.05, 4.69) is 27.4 Å². The van der Waals surface area contributed by atoms with Gasteiger partial charge < -0.3 is 14.0 Å². The SMILES string of the molecule is COCc1c(-c2nc(C3=CCC(C)C(OC)=C3)no2)nnn1-c1ccccc1F. The molecule has 1 atom stereocenters. The van der Waals surface area contributed by atoms with Crippen LogP contribution in [0.15, 0.2) is 46.7 Å². The topological polar surface area (TPSA) is 88.1 Å². The lowest BCUT2D eigenvalue weighted by Gasteiger charge is -2.17. The minimum absolute atomic E-state index is 0.141. The van der Waals surface area contributed by atoms with Crippen LogP contribution in [0.25, 0.3) is 22.8 Å². The molecule has 0 spiro atoms. The number of benzene rings is 1. The van der Waals surface area contributed by atoms with E-state index in [-0.39, 0.29) is 18.2 Å². The predicted molar refractivity (Wildman–Crippen MR) is 102 cm³/mol. The first-order valence-electron chi connectivity index (χ1n) is 9.11. The van der Waals surface area contributed by atoms with Gasteiger partial charge in [-0.3, -0.25) is 0 Å². The number of halogens is 1. The maximum absolute atomic E-state index is 14.2. The molecule has 1 aliphatic rings. The van der Waals surface area contributed by atoms with Gasteiger partial charge in [0.2, 0.25) is 5.82 Å². The zero-order chi connectivity index (χ0) is 20.4. The van der Waals surface area contributed by atoms with Gasteiger partial charge in [0.05, 0.1) is 19.5 Å². The summed E-state index contributed by atoms with van der Waals surface area (Å²) in [6.45, 7) is 2.23. The fourth-order valence-electron chi connectivity index (χ4n) is 3.18. The summed E-state index contributed by atoms with van der Waals surface area (Å²) < 4.78 is 31.7. The Hall–Kier alpha value is -3.33. The van der Waals surface area contributed by atoms with Crippen LogP contribution in [-0.2, 0) is 16.1 Å². The molecule has 1 aliphatic carbocycles. The van der Waals surface area contributed by atoms with Crippen LogP contribution >= 0.6 is 0 Å². The van der Waals surface area contributed by atoms with Crippen molar-refractivity contribution < 1.29 is 18.4 Å². The largest absolute Gasteiger partial charge is 0.501 e. The molecule has 0 saturated carbocycles. The van der Waals surface area contributed by atoms with Gasteiger partial charge in [0.25, 0.3) is 5.89 Å². The summed E-state index contributed by atoms with van der Waals surface area (Å²) in [6, 6.07) is 6.29. The molecule has 0 N–H and O–H groups in total. The van der Waals surface area contributed by atoms with Crippen molar-refractivity contribution in [2.24, 2.45) is 5.92 Å². The average molecular weight is 397 g/mol. The zero-order valence-corrected chi connectivity index (χ0v) is 16.3. The molecule has 9 heteroatoms. The van der Waals surface area contributed by atoms with E-state index < -0.39 is 5.82 Å². The number of hydrogen-bond donors (Lipinski definition) is 0. The van der Waals surface area contributed by atoms with Gasteiger partial charge in [-0.05, 0) is 24.6 Å². The normalized spacial score (nSPS) is 16.5. The highest BCUT2D eigenvalue weighted by molar-refractivity contribution is 5.72. The number of para-hydroxylation sites is 1. The van der Waals surface area contributed by atoms with E-state index in [1.165, 1.54) is 17.9 Å². The standard InChI is InChI=1S/C20H20FN5O3/c1-12-8-9-13(10-17(12)28-3)19-22-20(29-24-19)18-16(11-27-2)26(25-23-18)15-7-5-4-6-14(15)21/h4-7,9-10,12H,8,11H2,1-3H3. The molecule has 150 valence electrons. The van der Waals surface area contributed by atoms with Gasteiger partial charge in [0.1, 0.15) is 17.2 Å². The van der Waals surface area contributed by atoms with E-state index in [0.29, 0.717) is 23.1 Å². The average Bonchev–Trinajstić information content (AvgIpc) is 3.36. The van der Waals surface area contributed by atoms with Crippen LogP contribution < -0.4 is 0 Å². The molecule has 0 radical (unpaired) electrons. The highest BCUT2D eigenvalue weighted by Crippen LogP contribution is 2.30. The smallest absolute Gasteiger partial charge is 0.280 e. The lowest BCUT2D eigenvalue weighted by molar-refractivity contribution is 0.179. The van der Waals surface area contributed by atoms with E-state index in [9.17, 15) is 4.39 Å². The van der Waals surface area contributed by atoms with Crippen LogP contribution in [0, 0.1) is 11.7 Å². The quantitative estimate of drug-likeness (QED) is 0.628. The molecule has 1 aromatic carbocycles. The molecule has 0 aliphatic heterocycles. The van der Waals surface area contributed by atoms with E-state index >= 15 is 0 Å². The molecule has 0 amide bonds. The molecule has 4 rings (SSSR count). The second kappa shape index (κ2) is 7.96. The van der Waals surface area contributed by atoms with Gasteiger partial charge in [-0.1, -0.05) is 35.5 Å². The number of methoxy groups -OCH3 is 2. The number of aromatic nitrogens is 5. The van der Waals surface area contributed by atoms with Crippen LogP contribution in [0.1, 0.15) is 24.9 Å². The molecule has 2 heterocycles. The fourth-order valence-corrected chi connectivity index (χ4v) is 3.18. The van der Waals surface area contributed by atoms with Crippen molar-refractivity contribution in [2.45, 2.75) is 20.0 Å². The summed E-state index contributed by atoms with van der Waals surface area (Å²) >= 11 is 0. The molecule has 0 saturated heterocycles. The van der Waals surface area contributed by atoms with Gasteiger partial charge >= 0.3 is 0 Å². The summed E-state index contributed by atoms with van der Waals surface area (Å²) in [5.74, 6) is 1.33. The lowest BCUT2D eigenvalue weighted by atomic mass is 9.96. The Morgan fingerprint density at radius 1 is 1.28 bits per heavy atom. The summed E-state index contributed by atoms with van der Waals surface area (Å²) in [5, 5.41) is 12.3. The number of nitrogens with zero attached hydrogens (tertiary/aromatic N) is 5. The monoisotopic (exact) mass is 397 g/mol. The van der Waals surface area contributed by atoms with Crippen LogP contribution in [0.5, 0.6) is 0 Å². The summed E-state index contributed by atoms with van der Waals surface area (Å²) in [6.07, 6.45) is 4.75. The number of rotatable bonds is 6. The first kappa shape index (κ1) is 19.0. The number of hydrogen-bond acceptors (Lipinski definition) is 7. The van der Waals surface area contributed by atoms with Crippen molar-refractivity contribution in [3.8, 4) is 17.3 Å². The van der Waals surface area contributed by atoms with E-state index in [1.54, 1.807) is 25.3 Å². The fraction of sp³-hybridized carbons (Fsp3) is 0.300. The summed E-state index contributed by atoms with van der Waals surface area (Å²) in [4.78, 5) is 4.46. The Morgan fingerprint density at radius 3 is 2.86 bits per heavy atom. The van der Waals surface area contributed by atoms with Gasteiger partial charge in [0.15, 0.2) is 5.69 Å². The molecule has 2 aromatic heterocycles. The van der Waals surface area contributed by atoms with Crippen molar-refractivity contribution in [2.75, 3.05) is 14.2 Å². The zero-order valence-electron chi connectivity index (χ0n) is 16.3. The first-order valence-corrected chi connectivity index (χ1v) is 9.11. The lowest BCUT2D eigenvalue weighted by Crippen LogP contribution is -2.06. The minimum atomic E-state index is -0.425. The third-order valence-corrected chi connectivity index (χ3v) is 4.72. The van der Waals surface area contributed by atoms with Crippen molar-refractivity contribution in [3.63, 3.8) is 0 Å². The highest BCUT2D eigenvalue weighted by Gasteiger charge is 2.24. The summed E-state index contributed by atoms with van der Waals surface area (Å²) in [5.41, 5.74) is 1.92. The Kier molecular flexibility index (Phi) is 5.22. The van der Waals surface area contributed by atoms with Gasteiger partial charge in [-0.25, -0.2) is 9.07 Å². The second-order valence-corrected chi connectivity index (χ2v) is 6.65. The van der Waals surface area contributed by atoms with Crippen LogP contribution in [0.4, 0.5) is 4.39 Å². The van der Waals surface area contributed by atoms with Crippen molar-refractivity contribution in [3.05, 3.63) is 59.5 Å². The number of ether oxygens (including phenoxy) is 2. The van der Waals surface area contributed by atoms with E-state index in [4.69, 9.17) is 14.0 Å². The van der Waals surface area contributed by atoms with E-state index in [1.807, 2.05) is 12.2 Å². The maximum atomic E-state index is 14.2. The summed E-state index contributed by atoms with van der Waals surface area (Å²) in [7, 11) is 3.18. The van der Waals surface area contributed by atoms with Crippen LogP contribution in [-0.4, -0.2) is 39.4 Å². The minimum Gasteiger partial charge on any atom is -0.501 e. The van der Waals surface area contributed by atoms with Crippen molar-refractivity contribution >= 4 is 5.57 Å². The van der Waals surface area contributed by atoms with Crippen molar-refractivity contribution in [1.82, 2.24) is 25.1 Å². The Balaban J connectivity index is 1.72. The number of allylic oxidation sites excluding steroid dienone is 4. The van der Waals surface area contributed by atoms with Gasteiger partial charge in [0, 0.05) is 18.6 Å². The first-order chi connectivity index (χ1) is 14.1. The van der Waals surface area contributed by atoms with E-state index in [0.717, 1.165) is 17.8 Å².